The summed E-state index contributed by atoms with van der Waals surface area (Å²) in [5, 5.41) is 4.85. The van der Waals surface area contributed by atoms with Crippen LogP contribution in [0.15, 0.2) is 69.5 Å². The molecule has 0 atom stereocenters. The zero-order valence-corrected chi connectivity index (χ0v) is 18.7. The maximum Gasteiger partial charge on any atom is 0.243 e. The van der Waals surface area contributed by atoms with E-state index in [2.05, 4.69) is 5.32 Å². The van der Waals surface area contributed by atoms with E-state index < -0.39 is 10.0 Å². The minimum atomic E-state index is -3.53. The third-order valence-corrected chi connectivity index (χ3v) is 7.86. The van der Waals surface area contributed by atoms with E-state index in [4.69, 9.17) is 4.42 Å². The van der Waals surface area contributed by atoms with Gasteiger partial charge >= 0.3 is 0 Å². The van der Waals surface area contributed by atoms with Crippen LogP contribution in [0, 0.1) is 0 Å². The minimum absolute atomic E-state index is 0.154. The highest BCUT2D eigenvalue weighted by Crippen LogP contribution is 2.23. The lowest BCUT2D eigenvalue weighted by Crippen LogP contribution is -2.32. The van der Waals surface area contributed by atoms with Gasteiger partial charge in [0.1, 0.15) is 5.76 Å². The Bertz CT molecular complexity index is 1050. The van der Waals surface area contributed by atoms with E-state index in [1.807, 2.05) is 34.5 Å². The standard InChI is InChI=1S/C22H25N3O4S2/c26-22(17-24(15-19-7-4-12-29-19)16-20-8-5-13-30-20)23-18-6-3-9-21(14-18)31(27,28)25-10-1-2-11-25/h3-9,12-14H,1-2,10-11,15-17H2,(H,23,26). The van der Waals surface area contributed by atoms with Crippen molar-refractivity contribution in [1.82, 2.24) is 9.21 Å². The summed E-state index contributed by atoms with van der Waals surface area (Å²) in [7, 11) is -3.53. The summed E-state index contributed by atoms with van der Waals surface area (Å²) in [4.78, 5) is 16.1. The molecule has 1 saturated heterocycles. The van der Waals surface area contributed by atoms with E-state index >= 15 is 0 Å². The fourth-order valence-electron chi connectivity index (χ4n) is 3.63. The molecule has 31 heavy (non-hydrogen) atoms. The summed E-state index contributed by atoms with van der Waals surface area (Å²) in [5.74, 6) is 0.571. The molecule has 0 aliphatic carbocycles. The summed E-state index contributed by atoms with van der Waals surface area (Å²) in [6, 6.07) is 14.2. The second-order valence-corrected chi connectivity index (χ2v) is 10.5. The number of nitrogens with zero attached hydrogens (tertiary/aromatic N) is 2. The van der Waals surface area contributed by atoms with Crippen molar-refractivity contribution in [3.05, 3.63) is 70.8 Å². The molecule has 0 radical (unpaired) electrons. The molecule has 7 nitrogen and oxygen atoms in total. The van der Waals surface area contributed by atoms with E-state index in [0.717, 1.165) is 23.5 Å². The number of nitrogens with one attached hydrogen (secondary N) is 1. The van der Waals surface area contributed by atoms with Crippen molar-refractivity contribution < 1.29 is 17.6 Å². The van der Waals surface area contributed by atoms with Crippen molar-refractivity contribution >= 4 is 33.0 Å². The molecule has 4 rings (SSSR count). The lowest BCUT2D eigenvalue weighted by molar-refractivity contribution is -0.117. The summed E-state index contributed by atoms with van der Waals surface area (Å²) in [6.45, 7) is 2.37. The van der Waals surface area contributed by atoms with Gasteiger partial charge < -0.3 is 9.73 Å². The van der Waals surface area contributed by atoms with Crippen LogP contribution in [0.25, 0.3) is 0 Å². The predicted molar refractivity (Wildman–Crippen MR) is 120 cm³/mol. The van der Waals surface area contributed by atoms with Crippen molar-refractivity contribution in [2.24, 2.45) is 0 Å². The molecule has 3 aromatic rings. The van der Waals surface area contributed by atoms with Crippen LogP contribution >= 0.6 is 11.3 Å². The normalized spacial score (nSPS) is 14.9. The van der Waals surface area contributed by atoms with Gasteiger partial charge in [0.15, 0.2) is 0 Å². The van der Waals surface area contributed by atoms with Crippen molar-refractivity contribution in [3.8, 4) is 0 Å². The molecular weight excluding hydrogens is 434 g/mol. The second kappa shape index (κ2) is 9.78. The van der Waals surface area contributed by atoms with E-state index in [1.54, 1.807) is 35.8 Å². The van der Waals surface area contributed by atoms with Crippen LogP contribution in [0.3, 0.4) is 0 Å². The first-order valence-corrected chi connectivity index (χ1v) is 12.5. The van der Waals surface area contributed by atoms with Gasteiger partial charge in [0.25, 0.3) is 0 Å². The number of hydrogen-bond acceptors (Lipinski definition) is 6. The number of amides is 1. The van der Waals surface area contributed by atoms with Gasteiger partial charge in [-0.05, 0) is 54.6 Å². The molecule has 1 aliphatic rings. The molecule has 0 saturated carbocycles. The van der Waals surface area contributed by atoms with Gasteiger partial charge in [-0.15, -0.1) is 11.3 Å². The van der Waals surface area contributed by atoms with Crippen LogP contribution in [0.4, 0.5) is 5.69 Å². The molecule has 0 spiro atoms. The van der Waals surface area contributed by atoms with E-state index in [1.165, 1.54) is 10.4 Å². The Kier molecular flexibility index (Phi) is 6.86. The largest absolute Gasteiger partial charge is 0.468 e. The molecule has 1 N–H and O–H groups in total. The Labute approximate surface area is 186 Å². The number of carbonyl (C=O) groups is 1. The first kappa shape index (κ1) is 21.8. The molecular formula is C22H25N3O4S2. The Morgan fingerprint density at radius 3 is 2.65 bits per heavy atom. The van der Waals surface area contributed by atoms with Crippen LogP contribution in [-0.2, 0) is 27.9 Å². The van der Waals surface area contributed by atoms with Gasteiger partial charge in [-0.1, -0.05) is 12.1 Å². The molecule has 3 heterocycles. The fraction of sp³-hybridized carbons (Fsp3) is 0.318. The Balaban J connectivity index is 1.43. The van der Waals surface area contributed by atoms with E-state index in [-0.39, 0.29) is 17.3 Å². The van der Waals surface area contributed by atoms with Crippen LogP contribution in [0.1, 0.15) is 23.5 Å². The summed E-state index contributed by atoms with van der Waals surface area (Å²) in [5.41, 5.74) is 0.472. The van der Waals surface area contributed by atoms with Crippen molar-refractivity contribution in [2.45, 2.75) is 30.8 Å². The second-order valence-electron chi connectivity index (χ2n) is 7.49. The highest BCUT2D eigenvalue weighted by atomic mass is 32.2. The molecule has 1 aliphatic heterocycles. The highest BCUT2D eigenvalue weighted by molar-refractivity contribution is 7.89. The van der Waals surface area contributed by atoms with Crippen LogP contribution in [0.5, 0.6) is 0 Å². The Morgan fingerprint density at radius 2 is 1.94 bits per heavy atom. The number of benzene rings is 1. The summed E-state index contributed by atoms with van der Waals surface area (Å²) in [6.07, 6.45) is 3.38. The highest BCUT2D eigenvalue weighted by Gasteiger charge is 2.27. The number of carbonyl (C=O) groups excluding carboxylic acids is 1. The number of thiophene rings is 1. The number of hydrogen-bond donors (Lipinski definition) is 1. The quantitative estimate of drug-likeness (QED) is 0.527. The topological polar surface area (TPSA) is 82.9 Å². The maximum absolute atomic E-state index is 12.8. The lowest BCUT2D eigenvalue weighted by Gasteiger charge is -2.20. The molecule has 164 valence electrons. The average Bonchev–Trinajstić information content (AvgIpc) is 3.52. The van der Waals surface area contributed by atoms with Gasteiger partial charge in [0.05, 0.1) is 24.2 Å². The molecule has 1 aromatic carbocycles. The first-order chi connectivity index (χ1) is 15.0. The summed E-state index contributed by atoms with van der Waals surface area (Å²) < 4.78 is 32.5. The smallest absolute Gasteiger partial charge is 0.243 e. The van der Waals surface area contributed by atoms with E-state index in [0.29, 0.717) is 31.9 Å². The number of rotatable bonds is 9. The van der Waals surface area contributed by atoms with E-state index in [9.17, 15) is 13.2 Å². The lowest BCUT2D eigenvalue weighted by atomic mass is 10.3. The Hall–Kier alpha value is -2.46. The van der Waals surface area contributed by atoms with Gasteiger partial charge in [-0.25, -0.2) is 8.42 Å². The van der Waals surface area contributed by atoms with Gasteiger partial charge in [0, 0.05) is 30.2 Å². The molecule has 9 heteroatoms. The van der Waals surface area contributed by atoms with Gasteiger partial charge in [-0.2, -0.15) is 4.31 Å². The maximum atomic E-state index is 12.8. The van der Waals surface area contributed by atoms with Crippen molar-refractivity contribution in [3.63, 3.8) is 0 Å². The monoisotopic (exact) mass is 459 g/mol. The number of furan rings is 1. The molecule has 2 aromatic heterocycles. The average molecular weight is 460 g/mol. The summed E-state index contributed by atoms with van der Waals surface area (Å²) >= 11 is 1.64. The van der Waals surface area contributed by atoms with Crippen LogP contribution in [-0.4, -0.2) is 43.2 Å². The fourth-order valence-corrected chi connectivity index (χ4v) is 5.94. The predicted octanol–water partition coefficient (Wildman–Crippen LogP) is 3.77. The molecule has 0 bridgehead atoms. The Morgan fingerprint density at radius 1 is 1.10 bits per heavy atom. The van der Waals surface area contributed by atoms with Crippen molar-refractivity contribution in [2.75, 3.05) is 25.0 Å². The number of anilines is 1. The molecule has 0 unspecified atom stereocenters. The SMILES string of the molecule is O=C(CN(Cc1ccco1)Cc1cccs1)Nc1cccc(S(=O)(=O)N2CCCC2)c1. The van der Waals surface area contributed by atoms with Gasteiger partial charge in [0.2, 0.25) is 15.9 Å². The number of sulfonamides is 1. The van der Waals surface area contributed by atoms with Crippen LogP contribution < -0.4 is 5.32 Å². The zero-order chi connectivity index (χ0) is 21.7. The van der Waals surface area contributed by atoms with Crippen molar-refractivity contribution in [1.29, 1.82) is 0 Å². The zero-order valence-electron chi connectivity index (χ0n) is 17.1. The first-order valence-electron chi connectivity index (χ1n) is 10.2. The third-order valence-electron chi connectivity index (χ3n) is 5.11. The molecule has 1 fully saturated rings. The van der Waals surface area contributed by atoms with Gasteiger partial charge in [-0.3, -0.25) is 9.69 Å². The minimum Gasteiger partial charge on any atom is -0.468 e. The van der Waals surface area contributed by atoms with Crippen LogP contribution in [0.2, 0.25) is 0 Å². The molecule has 1 amide bonds. The third kappa shape index (κ3) is 5.62.